The molecule has 0 aliphatic carbocycles. The summed E-state index contributed by atoms with van der Waals surface area (Å²) in [7, 11) is 0. The Kier molecular flexibility index (Phi) is 9.08. The summed E-state index contributed by atoms with van der Waals surface area (Å²) in [6, 6.07) is 0. The van der Waals surface area contributed by atoms with Gasteiger partial charge in [-0.1, -0.05) is 34.1 Å². The van der Waals surface area contributed by atoms with Crippen molar-refractivity contribution in [3.05, 3.63) is 0 Å². The summed E-state index contributed by atoms with van der Waals surface area (Å²) in [5.74, 6) is -0.167. The third-order valence-electron chi connectivity index (χ3n) is 3.38. The highest BCUT2D eigenvalue weighted by molar-refractivity contribution is 5.73. The van der Waals surface area contributed by atoms with Gasteiger partial charge >= 0.3 is 0 Å². The Balaban J connectivity index is 0.00000137. The van der Waals surface area contributed by atoms with Gasteiger partial charge in [-0.15, -0.1) is 0 Å². The van der Waals surface area contributed by atoms with Crippen LogP contribution in [-0.2, 0) is 4.79 Å². The van der Waals surface area contributed by atoms with Gasteiger partial charge in [0.15, 0.2) is 0 Å². The summed E-state index contributed by atoms with van der Waals surface area (Å²) in [4.78, 5) is 13.1. The lowest BCUT2D eigenvalue weighted by molar-refractivity contribution is -0.118. The van der Waals surface area contributed by atoms with Crippen molar-refractivity contribution in [1.82, 2.24) is 4.90 Å². The average Bonchev–Trinajstić information content (AvgIpc) is 2.29. The molecular formula is C15H32N2O. The zero-order valence-corrected chi connectivity index (χ0v) is 12.8. The van der Waals surface area contributed by atoms with E-state index in [9.17, 15) is 4.79 Å². The van der Waals surface area contributed by atoms with Gasteiger partial charge in [0.2, 0.25) is 5.91 Å². The van der Waals surface area contributed by atoms with Crippen molar-refractivity contribution in [1.29, 1.82) is 0 Å². The summed E-state index contributed by atoms with van der Waals surface area (Å²) >= 11 is 0. The lowest BCUT2D eigenvalue weighted by atomic mass is 9.84. The molecule has 0 radical (unpaired) electrons. The smallest absolute Gasteiger partial charge is 0.217 e. The van der Waals surface area contributed by atoms with E-state index in [0.29, 0.717) is 11.8 Å². The lowest BCUT2D eigenvalue weighted by Gasteiger charge is -2.38. The minimum Gasteiger partial charge on any atom is -0.370 e. The second-order valence-electron chi connectivity index (χ2n) is 5.82. The molecule has 1 aliphatic heterocycles. The van der Waals surface area contributed by atoms with E-state index in [1.165, 1.54) is 38.9 Å². The number of amides is 1. The van der Waals surface area contributed by atoms with Gasteiger partial charge in [0.1, 0.15) is 0 Å². The first-order chi connectivity index (χ1) is 8.49. The van der Waals surface area contributed by atoms with Crippen LogP contribution in [0, 0.1) is 5.41 Å². The third kappa shape index (κ3) is 8.51. The first-order valence-corrected chi connectivity index (χ1v) is 7.50. The predicted octanol–water partition coefficient (Wildman–Crippen LogP) is 3.18. The van der Waals surface area contributed by atoms with E-state index in [1.807, 2.05) is 13.8 Å². The van der Waals surface area contributed by atoms with Crippen molar-refractivity contribution in [2.75, 3.05) is 19.6 Å². The van der Waals surface area contributed by atoms with E-state index >= 15 is 0 Å². The number of hydrogen-bond donors (Lipinski definition) is 1. The van der Waals surface area contributed by atoms with Crippen molar-refractivity contribution < 1.29 is 4.79 Å². The molecule has 0 aromatic carbocycles. The highest BCUT2D eigenvalue weighted by Gasteiger charge is 2.25. The van der Waals surface area contributed by atoms with E-state index < -0.39 is 0 Å². The first kappa shape index (κ1) is 17.4. The minimum atomic E-state index is -0.167. The summed E-state index contributed by atoms with van der Waals surface area (Å²) in [6.45, 7) is 12.4. The van der Waals surface area contributed by atoms with Crippen LogP contribution in [0.3, 0.4) is 0 Å². The van der Waals surface area contributed by atoms with E-state index in [4.69, 9.17) is 5.73 Å². The molecule has 3 nitrogen and oxygen atoms in total. The fourth-order valence-corrected chi connectivity index (χ4v) is 2.55. The van der Waals surface area contributed by atoms with Gasteiger partial charge in [-0.2, -0.15) is 0 Å². The fraction of sp³-hybridized carbons (Fsp3) is 0.933. The van der Waals surface area contributed by atoms with Crippen LogP contribution in [0.2, 0.25) is 0 Å². The molecule has 1 rings (SSSR count). The van der Waals surface area contributed by atoms with Gasteiger partial charge in [-0.05, 0) is 44.2 Å². The van der Waals surface area contributed by atoms with Gasteiger partial charge in [-0.3, -0.25) is 4.79 Å². The number of carbonyl (C=O) groups is 1. The average molecular weight is 256 g/mol. The van der Waals surface area contributed by atoms with Crippen LogP contribution in [0.5, 0.6) is 0 Å². The molecule has 108 valence electrons. The number of primary amides is 1. The molecule has 0 aromatic heterocycles. The number of carbonyl (C=O) groups excluding carboxylic acids is 1. The quantitative estimate of drug-likeness (QED) is 0.742. The number of rotatable bonds is 6. The Morgan fingerprint density at radius 1 is 1.22 bits per heavy atom. The van der Waals surface area contributed by atoms with E-state index in [1.54, 1.807) is 0 Å². The zero-order chi connectivity index (χ0) is 14.0. The molecule has 18 heavy (non-hydrogen) atoms. The van der Waals surface area contributed by atoms with E-state index in [0.717, 1.165) is 12.8 Å². The Morgan fingerprint density at radius 2 is 1.89 bits per heavy atom. The number of likely N-dealkylation sites (tertiary alicyclic amines) is 1. The van der Waals surface area contributed by atoms with Crippen LogP contribution in [0.4, 0.5) is 0 Å². The van der Waals surface area contributed by atoms with Crippen LogP contribution in [0.15, 0.2) is 0 Å². The monoisotopic (exact) mass is 256 g/mol. The fourth-order valence-electron chi connectivity index (χ4n) is 2.55. The minimum absolute atomic E-state index is 0.167. The molecule has 1 heterocycles. The molecule has 0 saturated carbocycles. The molecule has 0 bridgehead atoms. The van der Waals surface area contributed by atoms with Crippen LogP contribution >= 0.6 is 0 Å². The summed E-state index contributed by atoms with van der Waals surface area (Å²) in [5.41, 5.74) is 5.60. The maximum atomic E-state index is 10.6. The topological polar surface area (TPSA) is 46.3 Å². The number of nitrogens with two attached hydrogens (primary N) is 1. The maximum Gasteiger partial charge on any atom is 0.217 e. The number of piperidine rings is 1. The SMILES string of the molecule is CC.CC1(C)CCCN(CCCCCC(N)=O)C1. The zero-order valence-electron chi connectivity index (χ0n) is 12.8. The second-order valence-corrected chi connectivity index (χ2v) is 5.82. The Labute approximate surface area is 113 Å². The summed E-state index contributed by atoms with van der Waals surface area (Å²) in [5, 5.41) is 0. The normalized spacial score (nSPS) is 18.9. The highest BCUT2D eigenvalue weighted by atomic mass is 16.1. The van der Waals surface area contributed by atoms with Crippen molar-refractivity contribution in [3.63, 3.8) is 0 Å². The maximum absolute atomic E-state index is 10.6. The van der Waals surface area contributed by atoms with Gasteiger partial charge in [-0.25, -0.2) is 0 Å². The molecule has 0 unspecified atom stereocenters. The predicted molar refractivity (Wildman–Crippen MR) is 78.5 cm³/mol. The highest BCUT2D eigenvalue weighted by Crippen LogP contribution is 2.28. The van der Waals surface area contributed by atoms with E-state index in [-0.39, 0.29) is 5.91 Å². The summed E-state index contributed by atoms with van der Waals surface area (Å²) in [6.07, 6.45) is 6.50. The molecule has 2 N–H and O–H groups in total. The van der Waals surface area contributed by atoms with Crippen molar-refractivity contribution in [2.45, 2.75) is 66.2 Å². The molecule has 1 fully saturated rings. The molecule has 1 saturated heterocycles. The first-order valence-electron chi connectivity index (χ1n) is 7.50. The van der Waals surface area contributed by atoms with Gasteiger partial charge in [0.05, 0.1) is 0 Å². The molecule has 0 atom stereocenters. The summed E-state index contributed by atoms with van der Waals surface area (Å²) < 4.78 is 0. The van der Waals surface area contributed by atoms with Crippen molar-refractivity contribution >= 4 is 5.91 Å². The van der Waals surface area contributed by atoms with Crippen molar-refractivity contribution in [2.24, 2.45) is 11.1 Å². The number of hydrogen-bond acceptors (Lipinski definition) is 2. The van der Waals surface area contributed by atoms with Crippen LogP contribution in [0.1, 0.15) is 66.2 Å². The Bertz CT molecular complexity index is 227. The number of nitrogens with zero attached hydrogens (tertiary/aromatic N) is 1. The largest absolute Gasteiger partial charge is 0.370 e. The van der Waals surface area contributed by atoms with Gasteiger partial charge in [0.25, 0.3) is 0 Å². The Morgan fingerprint density at radius 3 is 2.44 bits per heavy atom. The molecule has 0 aromatic rings. The van der Waals surface area contributed by atoms with E-state index in [2.05, 4.69) is 18.7 Å². The molecular weight excluding hydrogens is 224 g/mol. The van der Waals surface area contributed by atoms with Gasteiger partial charge < -0.3 is 10.6 Å². The molecule has 0 spiro atoms. The molecule has 3 heteroatoms. The number of unbranched alkanes of at least 4 members (excludes halogenated alkanes) is 2. The second kappa shape index (κ2) is 9.37. The van der Waals surface area contributed by atoms with Crippen LogP contribution in [0.25, 0.3) is 0 Å². The van der Waals surface area contributed by atoms with Crippen LogP contribution < -0.4 is 5.73 Å². The van der Waals surface area contributed by atoms with Crippen LogP contribution in [-0.4, -0.2) is 30.4 Å². The third-order valence-corrected chi connectivity index (χ3v) is 3.38. The van der Waals surface area contributed by atoms with Crippen molar-refractivity contribution in [3.8, 4) is 0 Å². The molecule has 1 amide bonds. The molecule has 1 aliphatic rings. The lowest BCUT2D eigenvalue weighted by Crippen LogP contribution is -2.40. The standard InChI is InChI=1S/C13H26N2O.C2H6/c1-13(2)8-6-10-15(11-13)9-5-3-4-7-12(14)16;1-2/h3-11H2,1-2H3,(H2,14,16);1-2H3. The Hall–Kier alpha value is -0.570. The van der Waals surface area contributed by atoms with Gasteiger partial charge in [0, 0.05) is 13.0 Å².